The molecular weight excluding hydrogens is 202 g/mol. The molecule has 0 saturated heterocycles. The predicted octanol–water partition coefficient (Wildman–Crippen LogP) is 2.45. The van der Waals surface area contributed by atoms with Crippen LogP contribution in [0.25, 0.3) is 0 Å². The first-order valence-electron chi connectivity index (χ1n) is 6.12. The first-order valence-corrected chi connectivity index (χ1v) is 6.12. The molecular formula is C13H29NO2. The summed E-state index contributed by atoms with van der Waals surface area (Å²) >= 11 is 0. The molecule has 0 spiro atoms. The molecule has 98 valence electrons. The molecule has 0 radical (unpaired) electrons. The topological polar surface area (TPSA) is 30.5 Å². The van der Waals surface area contributed by atoms with E-state index in [1.54, 1.807) is 14.2 Å². The summed E-state index contributed by atoms with van der Waals surface area (Å²) in [6.45, 7) is 11.6. The van der Waals surface area contributed by atoms with Crippen molar-refractivity contribution >= 4 is 0 Å². The van der Waals surface area contributed by atoms with Crippen LogP contribution in [0.1, 0.15) is 41.0 Å². The van der Waals surface area contributed by atoms with Gasteiger partial charge in [0.25, 0.3) is 0 Å². The van der Waals surface area contributed by atoms with E-state index in [-0.39, 0.29) is 5.60 Å². The van der Waals surface area contributed by atoms with Gasteiger partial charge >= 0.3 is 0 Å². The molecule has 0 fully saturated rings. The molecule has 0 saturated carbocycles. The first-order chi connectivity index (χ1) is 7.32. The molecule has 0 aliphatic carbocycles. The lowest BCUT2D eigenvalue weighted by atomic mass is 9.97. The second-order valence-corrected chi connectivity index (χ2v) is 5.54. The second-order valence-electron chi connectivity index (χ2n) is 5.54. The average Bonchev–Trinajstić information content (AvgIpc) is 2.16. The highest BCUT2D eigenvalue weighted by molar-refractivity contribution is 4.80. The number of ether oxygens (including phenoxy) is 2. The normalized spacial score (nSPS) is 16.5. The van der Waals surface area contributed by atoms with Crippen molar-refractivity contribution in [3.8, 4) is 0 Å². The van der Waals surface area contributed by atoms with Gasteiger partial charge in [-0.2, -0.15) is 0 Å². The van der Waals surface area contributed by atoms with E-state index in [4.69, 9.17) is 9.47 Å². The van der Waals surface area contributed by atoms with E-state index in [1.807, 2.05) is 0 Å². The van der Waals surface area contributed by atoms with Gasteiger partial charge in [0.1, 0.15) is 0 Å². The second kappa shape index (κ2) is 7.25. The Bertz CT molecular complexity index is 181. The van der Waals surface area contributed by atoms with Crippen LogP contribution in [0.5, 0.6) is 0 Å². The van der Waals surface area contributed by atoms with Gasteiger partial charge in [0, 0.05) is 26.3 Å². The monoisotopic (exact) mass is 231 g/mol. The maximum Gasteiger partial charge on any atom is 0.0637 e. The third-order valence-corrected chi connectivity index (χ3v) is 3.00. The van der Waals surface area contributed by atoms with Crippen LogP contribution in [0.4, 0.5) is 0 Å². The Morgan fingerprint density at radius 1 is 1.12 bits per heavy atom. The van der Waals surface area contributed by atoms with Crippen molar-refractivity contribution in [1.82, 2.24) is 5.32 Å². The van der Waals surface area contributed by atoms with Gasteiger partial charge in [0.05, 0.1) is 12.2 Å². The molecule has 0 aliphatic heterocycles. The number of rotatable bonds is 8. The van der Waals surface area contributed by atoms with E-state index in [1.165, 1.54) is 0 Å². The molecule has 0 heterocycles. The number of hydrogen-bond donors (Lipinski definition) is 1. The molecule has 0 aromatic carbocycles. The van der Waals surface area contributed by atoms with E-state index in [9.17, 15) is 0 Å². The SMILES string of the molecule is COCC(NC(C)CC(C)(C)OC)C(C)C. The van der Waals surface area contributed by atoms with Crippen molar-refractivity contribution in [3.05, 3.63) is 0 Å². The minimum Gasteiger partial charge on any atom is -0.383 e. The van der Waals surface area contributed by atoms with Crippen molar-refractivity contribution in [3.63, 3.8) is 0 Å². The van der Waals surface area contributed by atoms with Gasteiger partial charge in [-0.1, -0.05) is 13.8 Å². The Morgan fingerprint density at radius 3 is 2.06 bits per heavy atom. The summed E-state index contributed by atoms with van der Waals surface area (Å²) in [4.78, 5) is 0. The molecule has 0 aromatic rings. The Labute approximate surface area is 101 Å². The molecule has 3 heteroatoms. The lowest BCUT2D eigenvalue weighted by Crippen LogP contribution is -2.45. The quantitative estimate of drug-likeness (QED) is 0.696. The van der Waals surface area contributed by atoms with E-state index in [0.29, 0.717) is 18.0 Å². The van der Waals surface area contributed by atoms with Crippen molar-refractivity contribution in [2.75, 3.05) is 20.8 Å². The first kappa shape index (κ1) is 15.9. The molecule has 2 atom stereocenters. The van der Waals surface area contributed by atoms with Gasteiger partial charge in [-0.15, -0.1) is 0 Å². The molecule has 3 nitrogen and oxygen atoms in total. The van der Waals surface area contributed by atoms with Crippen molar-refractivity contribution in [2.45, 2.75) is 58.7 Å². The van der Waals surface area contributed by atoms with Gasteiger partial charge < -0.3 is 14.8 Å². The Morgan fingerprint density at radius 2 is 1.69 bits per heavy atom. The molecule has 16 heavy (non-hydrogen) atoms. The highest BCUT2D eigenvalue weighted by atomic mass is 16.5. The fourth-order valence-corrected chi connectivity index (χ4v) is 1.86. The number of hydrogen-bond acceptors (Lipinski definition) is 3. The summed E-state index contributed by atoms with van der Waals surface area (Å²) < 4.78 is 10.7. The molecule has 1 N–H and O–H groups in total. The summed E-state index contributed by atoms with van der Waals surface area (Å²) in [6.07, 6.45) is 0.996. The van der Waals surface area contributed by atoms with Crippen LogP contribution in [0.3, 0.4) is 0 Å². The average molecular weight is 231 g/mol. The molecule has 2 unspecified atom stereocenters. The summed E-state index contributed by atoms with van der Waals surface area (Å²) in [5, 5.41) is 3.60. The van der Waals surface area contributed by atoms with Crippen LogP contribution >= 0.6 is 0 Å². The van der Waals surface area contributed by atoms with Crippen LogP contribution in [0.2, 0.25) is 0 Å². The standard InChI is InChI=1S/C13H29NO2/c1-10(2)12(9-15-6)14-11(3)8-13(4,5)16-7/h10-12,14H,8-9H2,1-7H3. The summed E-state index contributed by atoms with van der Waals surface area (Å²) in [7, 11) is 3.52. The lowest BCUT2D eigenvalue weighted by molar-refractivity contribution is 0.00578. The van der Waals surface area contributed by atoms with Crippen LogP contribution in [0.15, 0.2) is 0 Å². The Hall–Kier alpha value is -0.120. The van der Waals surface area contributed by atoms with Gasteiger partial charge in [0.15, 0.2) is 0 Å². The fraction of sp³-hybridized carbons (Fsp3) is 1.00. The van der Waals surface area contributed by atoms with Crippen molar-refractivity contribution < 1.29 is 9.47 Å². The zero-order valence-corrected chi connectivity index (χ0v) is 12.0. The zero-order valence-electron chi connectivity index (χ0n) is 12.0. The minimum absolute atomic E-state index is 0.0684. The van der Waals surface area contributed by atoms with Gasteiger partial charge in [-0.05, 0) is 33.1 Å². The van der Waals surface area contributed by atoms with E-state index in [2.05, 4.69) is 39.9 Å². The summed E-state index contributed by atoms with van der Waals surface area (Å²) in [5.41, 5.74) is -0.0684. The highest BCUT2D eigenvalue weighted by Gasteiger charge is 2.23. The summed E-state index contributed by atoms with van der Waals surface area (Å²) in [6, 6.07) is 0.838. The number of methoxy groups -OCH3 is 2. The van der Waals surface area contributed by atoms with E-state index in [0.717, 1.165) is 13.0 Å². The van der Waals surface area contributed by atoms with Gasteiger partial charge in [0.2, 0.25) is 0 Å². The van der Waals surface area contributed by atoms with Crippen LogP contribution < -0.4 is 5.32 Å². The Balaban J connectivity index is 4.14. The summed E-state index contributed by atoms with van der Waals surface area (Å²) in [5.74, 6) is 0.577. The van der Waals surface area contributed by atoms with Crippen molar-refractivity contribution in [1.29, 1.82) is 0 Å². The highest BCUT2D eigenvalue weighted by Crippen LogP contribution is 2.16. The molecule has 0 rings (SSSR count). The number of nitrogens with one attached hydrogen (secondary N) is 1. The maximum absolute atomic E-state index is 5.44. The van der Waals surface area contributed by atoms with Crippen LogP contribution in [0, 0.1) is 5.92 Å². The third kappa shape index (κ3) is 6.46. The van der Waals surface area contributed by atoms with Crippen LogP contribution in [-0.2, 0) is 9.47 Å². The molecule has 0 amide bonds. The lowest BCUT2D eigenvalue weighted by Gasteiger charge is -2.31. The molecule has 0 bridgehead atoms. The maximum atomic E-state index is 5.44. The van der Waals surface area contributed by atoms with Gasteiger partial charge in [-0.3, -0.25) is 0 Å². The largest absolute Gasteiger partial charge is 0.383 e. The van der Waals surface area contributed by atoms with Crippen molar-refractivity contribution in [2.24, 2.45) is 5.92 Å². The smallest absolute Gasteiger partial charge is 0.0637 e. The molecule has 0 aromatic heterocycles. The predicted molar refractivity (Wildman–Crippen MR) is 68.8 cm³/mol. The fourth-order valence-electron chi connectivity index (χ4n) is 1.86. The molecule has 0 aliphatic rings. The van der Waals surface area contributed by atoms with Gasteiger partial charge in [-0.25, -0.2) is 0 Å². The zero-order chi connectivity index (χ0) is 12.8. The Kier molecular flexibility index (Phi) is 7.20. The van der Waals surface area contributed by atoms with E-state index < -0.39 is 0 Å². The van der Waals surface area contributed by atoms with Crippen LogP contribution in [-0.4, -0.2) is 38.5 Å². The van der Waals surface area contributed by atoms with E-state index >= 15 is 0 Å². The minimum atomic E-state index is -0.0684. The third-order valence-electron chi connectivity index (χ3n) is 3.00.